The minimum Gasteiger partial charge on any atom is -0.478 e. The number of benzene rings is 1. The third-order valence-corrected chi connectivity index (χ3v) is 2.03. The van der Waals surface area contributed by atoms with E-state index >= 15 is 0 Å². The number of nitriles is 1. The average Bonchev–Trinajstić information content (AvgIpc) is 2.19. The molecule has 0 amide bonds. The lowest BCUT2D eigenvalue weighted by Crippen LogP contribution is -2.05. The maximum atomic E-state index is 11.9. The zero-order chi connectivity index (χ0) is 12.3. The fraction of sp³-hybridized carbons (Fsp3) is 0.111. The summed E-state index contributed by atoms with van der Waals surface area (Å²) < 4.78 is 27.8. The highest BCUT2D eigenvalue weighted by Crippen LogP contribution is 2.27. The lowest BCUT2D eigenvalue weighted by Gasteiger charge is -2.07. The van der Waals surface area contributed by atoms with E-state index in [2.05, 4.69) is 4.74 Å². The monoisotopic (exact) mass is 247 g/mol. The Morgan fingerprint density at radius 3 is 2.62 bits per heavy atom. The minimum absolute atomic E-state index is 0.239. The van der Waals surface area contributed by atoms with Crippen molar-refractivity contribution in [2.45, 2.75) is 6.61 Å². The van der Waals surface area contributed by atoms with Crippen LogP contribution in [0.3, 0.4) is 0 Å². The number of carboxylic acid groups (broad SMARTS) is 1. The highest BCUT2D eigenvalue weighted by molar-refractivity contribution is 6.34. The summed E-state index contributed by atoms with van der Waals surface area (Å²) in [7, 11) is 0. The minimum atomic E-state index is -3.10. The molecule has 0 aliphatic rings. The normalized spacial score (nSPS) is 9.94. The lowest BCUT2D eigenvalue weighted by molar-refractivity contribution is -0.0499. The summed E-state index contributed by atoms with van der Waals surface area (Å²) in [6, 6.07) is 3.36. The SMILES string of the molecule is N#Cc1cc(OC(F)F)cc(C(=O)O)c1Cl. The first-order valence-corrected chi connectivity index (χ1v) is 4.25. The number of ether oxygens (including phenoxy) is 1. The molecule has 0 saturated heterocycles. The quantitative estimate of drug-likeness (QED) is 0.891. The van der Waals surface area contributed by atoms with Crippen molar-refractivity contribution >= 4 is 17.6 Å². The van der Waals surface area contributed by atoms with Crippen LogP contribution in [0.15, 0.2) is 12.1 Å². The van der Waals surface area contributed by atoms with Crippen molar-refractivity contribution in [3.8, 4) is 11.8 Å². The second-order valence-electron chi connectivity index (χ2n) is 2.63. The first-order chi connectivity index (χ1) is 7.45. The van der Waals surface area contributed by atoms with E-state index in [1.165, 1.54) is 0 Å². The predicted molar refractivity (Wildman–Crippen MR) is 49.8 cm³/mol. The van der Waals surface area contributed by atoms with Crippen molar-refractivity contribution in [1.29, 1.82) is 5.26 Å². The standard InChI is InChI=1S/C9H4ClF2NO3/c10-7-4(3-13)1-5(16-9(11)12)2-6(7)8(14)15/h1-2,9H,(H,14,15). The van der Waals surface area contributed by atoms with Crippen LogP contribution in [0.25, 0.3) is 0 Å². The van der Waals surface area contributed by atoms with Crippen LogP contribution < -0.4 is 4.74 Å². The molecule has 7 heteroatoms. The molecule has 1 aromatic rings. The number of nitrogens with zero attached hydrogens (tertiary/aromatic N) is 1. The fourth-order valence-corrected chi connectivity index (χ4v) is 1.24. The first-order valence-electron chi connectivity index (χ1n) is 3.87. The van der Waals surface area contributed by atoms with E-state index in [0.717, 1.165) is 12.1 Å². The predicted octanol–water partition coefficient (Wildman–Crippen LogP) is 2.51. The summed E-state index contributed by atoms with van der Waals surface area (Å²) in [6.07, 6.45) is 0. The lowest BCUT2D eigenvalue weighted by atomic mass is 10.1. The molecule has 16 heavy (non-hydrogen) atoms. The van der Waals surface area contributed by atoms with E-state index in [4.69, 9.17) is 22.0 Å². The highest BCUT2D eigenvalue weighted by Gasteiger charge is 2.16. The van der Waals surface area contributed by atoms with Crippen LogP contribution >= 0.6 is 11.6 Å². The van der Waals surface area contributed by atoms with Gasteiger partial charge in [-0.1, -0.05) is 11.6 Å². The number of rotatable bonds is 3. The summed E-state index contributed by atoms with van der Waals surface area (Å²) in [6.45, 7) is -3.10. The van der Waals surface area contributed by atoms with Gasteiger partial charge in [-0.15, -0.1) is 0 Å². The maximum absolute atomic E-state index is 11.9. The molecular formula is C9H4ClF2NO3. The molecule has 0 aromatic heterocycles. The average molecular weight is 248 g/mol. The van der Waals surface area contributed by atoms with Crippen molar-refractivity contribution in [1.82, 2.24) is 0 Å². The molecule has 1 aromatic carbocycles. The van der Waals surface area contributed by atoms with Crippen LogP contribution in [0.5, 0.6) is 5.75 Å². The van der Waals surface area contributed by atoms with Gasteiger partial charge in [0.05, 0.1) is 16.1 Å². The van der Waals surface area contributed by atoms with Gasteiger partial charge >= 0.3 is 12.6 Å². The third-order valence-electron chi connectivity index (χ3n) is 1.62. The smallest absolute Gasteiger partial charge is 0.387 e. The molecule has 0 heterocycles. The van der Waals surface area contributed by atoms with Crippen molar-refractivity contribution in [3.05, 3.63) is 28.3 Å². The van der Waals surface area contributed by atoms with Gasteiger partial charge in [0.15, 0.2) is 0 Å². The molecule has 0 spiro atoms. The van der Waals surface area contributed by atoms with Gasteiger partial charge in [0, 0.05) is 0 Å². The Bertz CT molecular complexity index is 471. The summed E-state index contributed by atoms with van der Waals surface area (Å²) in [5, 5.41) is 17.0. The fourth-order valence-electron chi connectivity index (χ4n) is 1.01. The van der Waals surface area contributed by atoms with Gasteiger partial charge in [0.2, 0.25) is 0 Å². The number of hydrogen-bond acceptors (Lipinski definition) is 3. The molecule has 0 aliphatic heterocycles. The molecule has 4 nitrogen and oxygen atoms in total. The number of carboxylic acids is 1. The van der Waals surface area contributed by atoms with Gasteiger partial charge in [-0.3, -0.25) is 0 Å². The van der Waals surface area contributed by atoms with E-state index in [-0.39, 0.29) is 10.6 Å². The van der Waals surface area contributed by atoms with Crippen molar-refractivity contribution in [2.75, 3.05) is 0 Å². The molecule has 0 aliphatic carbocycles. The van der Waals surface area contributed by atoms with Crippen molar-refractivity contribution < 1.29 is 23.4 Å². The van der Waals surface area contributed by atoms with Crippen LogP contribution in [0, 0.1) is 11.3 Å². The summed E-state index contributed by atoms with van der Waals surface area (Å²) in [5.74, 6) is -1.85. The van der Waals surface area contributed by atoms with Gasteiger partial charge in [-0.2, -0.15) is 14.0 Å². The van der Waals surface area contributed by atoms with Gasteiger partial charge < -0.3 is 9.84 Å². The van der Waals surface area contributed by atoms with Gasteiger partial charge in [0.25, 0.3) is 0 Å². The zero-order valence-electron chi connectivity index (χ0n) is 7.58. The van der Waals surface area contributed by atoms with E-state index in [1.54, 1.807) is 6.07 Å². The largest absolute Gasteiger partial charge is 0.478 e. The molecule has 0 fully saturated rings. The molecule has 0 atom stereocenters. The van der Waals surface area contributed by atoms with E-state index in [1.807, 2.05) is 0 Å². The Hall–Kier alpha value is -1.87. The maximum Gasteiger partial charge on any atom is 0.387 e. The summed E-state index contributed by atoms with van der Waals surface area (Å²) in [5.41, 5.74) is -0.700. The number of hydrogen-bond donors (Lipinski definition) is 1. The van der Waals surface area contributed by atoms with Crippen LogP contribution in [0.1, 0.15) is 15.9 Å². The Balaban J connectivity index is 3.30. The van der Waals surface area contributed by atoms with E-state index in [0.29, 0.717) is 0 Å². The topological polar surface area (TPSA) is 70.3 Å². The molecule has 1 rings (SSSR count). The Morgan fingerprint density at radius 1 is 1.56 bits per heavy atom. The number of halogens is 3. The van der Waals surface area contributed by atoms with Gasteiger partial charge in [-0.05, 0) is 12.1 Å². The van der Waals surface area contributed by atoms with E-state index < -0.39 is 23.9 Å². The first kappa shape index (κ1) is 12.2. The van der Waals surface area contributed by atoms with Gasteiger partial charge in [-0.25, -0.2) is 4.79 Å². The number of aromatic carboxylic acids is 1. The molecular weight excluding hydrogens is 244 g/mol. The van der Waals surface area contributed by atoms with Crippen molar-refractivity contribution in [2.24, 2.45) is 0 Å². The van der Waals surface area contributed by atoms with Crippen LogP contribution in [-0.2, 0) is 0 Å². The second kappa shape index (κ2) is 4.77. The Morgan fingerprint density at radius 2 is 2.19 bits per heavy atom. The molecule has 0 bridgehead atoms. The molecule has 84 valence electrons. The molecule has 0 saturated carbocycles. The molecule has 0 unspecified atom stereocenters. The Kier molecular flexibility index (Phi) is 3.64. The van der Waals surface area contributed by atoms with Crippen LogP contribution in [0.2, 0.25) is 5.02 Å². The second-order valence-corrected chi connectivity index (χ2v) is 3.01. The summed E-state index contributed by atoms with van der Waals surface area (Å²) in [4.78, 5) is 10.7. The van der Waals surface area contributed by atoms with Gasteiger partial charge in [0.1, 0.15) is 11.8 Å². The molecule has 0 radical (unpaired) electrons. The molecule has 1 N–H and O–H groups in total. The zero-order valence-corrected chi connectivity index (χ0v) is 8.33. The van der Waals surface area contributed by atoms with Crippen LogP contribution in [0.4, 0.5) is 8.78 Å². The number of carbonyl (C=O) groups is 1. The summed E-state index contributed by atoms with van der Waals surface area (Å²) >= 11 is 5.57. The van der Waals surface area contributed by atoms with Crippen LogP contribution in [-0.4, -0.2) is 17.7 Å². The highest BCUT2D eigenvalue weighted by atomic mass is 35.5. The van der Waals surface area contributed by atoms with Crippen molar-refractivity contribution in [3.63, 3.8) is 0 Å². The Labute approximate surface area is 93.6 Å². The third kappa shape index (κ3) is 2.58. The van der Waals surface area contributed by atoms with E-state index in [9.17, 15) is 13.6 Å². The number of alkyl halides is 2.